The first-order chi connectivity index (χ1) is 18.6. The third-order valence-electron chi connectivity index (χ3n) is 8.38. The van der Waals surface area contributed by atoms with Crippen molar-refractivity contribution in [2.45, 2.75) is 25.4 Å². The molecule has 5 rings (SSSR count). The molecule has 2 saturated heterocycles. The van der Waals surface area contributed by atoms with E-state index in [2.05, 4.69) is 10.1 Å². The molecule has 5 atom stereocenters. The molecule has 0 spiro atoms. The minimum absolute atomic E-state index is 0.0184. The van der Waals surface area contributed by atoms with E-state index in [0.29, 0.717) is 42.8 Å². The van der Waals surface area contributed by atoms with Crippen molar-refractivity contribution < 1.29 is 14.6 Å². The maximum Gasteiger partial charge on any atom is 0.266 e. The minimum atomic E-state index is -1.14. The molecule has 1 amide bonds. The summed E-state index contributed by atoms with van der Waals surface area (Å²) in [5.41, 5.74) is 0.200. The van der Waals surface area contributed by atoms with Crippen LogP contribution in [0.2, 0.25) is 5.02 Å². The number of halogens is 1. The number of amides is 1. The number of rotatable bonds is 5. The van der Waals surface area contributed by atoms with Crippen molar-refractivity contribution in [2.24, 2.45) is 24.8 Å². The van der Waals surface area contributed by atoms with E-state index in [4.69, 9.17) is 16.3 Å². The quantitative estimate of drug-likeness (QED) is 0.520. The highest BCUT2D eigenvalue weighted by Gasteiger charge is 2.50. The number of benzene rings is 1. The molecule has 2 aromatic heterocycles. The van der Waals surface area contributed by atoms with E-state index in [-0.39, 0.29) is 35.1 Å². The molecule has 2 aliphatic heterocycles. The van der Waals surface area contributed by atoms with Gasteiger partial charge in [-0.2, -0.15) is 5.10 Å². The predicted octanol–water partition coefficient (Wildman–Crippen LogP) is 3.06. The van der Waals surface area contributed by atoms with Crippen molar-refractivity contribution in [1.82, 2.24) is 19.7 Å². The number of ether oxygens (including phenoxy) is 1. The molecular formula is C29H34ClN5O4. The molecule has 9 nitrogen and oxygen atoms in total. The maximum absolute atomic E-state index is 14.2. The molecule has 0 saturated carbocycles. The van der Waals surface area contributed by atoms with E-state index in [1.54, 1.807) is 32.5 Å². The number of para-hydroxylation sites is 1. The summed E-state index contributed by atoms with van der Waals surface area (Å²) in [4.78, 5) is 34.5. The zero-order valence-corrected chi connectivity index (χ0v) is 23.4. The first-order valence-corrected chi connectivity index (χ1v) is 13.6. The van der Waals surface area contributed by atoms with Gasteiger partial charge in [0.2, 0.25) is 5.91 Å². The van der Waals surface area contributed by atoms with Crippen LogP contribution in [0.25, 0.3) is 0 Å². The number of piperidine rings is 1. The highest BCUT2D eigenvalue weighted by Crippen LogP contribution is 2.45. The van der Waals surface area contributed by atoms with Gasteiger partial charge in [-0.15, -0.1) is 0 Å². The number of carbonyl (C=O) groups is 1. The third kappa shape index (κ3) is 4.89. The number of aryl methyl sites for hydroxylation is 1. The lowest BCUT2D eigenvalue weighted by molar-refractivity contribution is -0.152. The number of likely N-dealkylation sites (tertiary alicyclic amines) is 1. The molecule has 206 valence electrons. The number of hydrogen-bond acceptors (Lipinski definition) is 7. The Hall–Kier alpha value is -3.43. The molecule has 0 radical (unpaired) electrons. The van der Waals surface area contributed by atoms with Crippen LogP contribution in [0.5, 0.6) is 5.75 Å². The van der Waals surface area contributed by atoms with Crippen LogP contribution < -0.4 is 15.2 Å². The van der Waals surface area contributed by atoms with E-state index in [9.17, 15) is 14.7 Å². The Morgan fingerprint density at radius 2 is 1.77 bits per heavy atom. The zero-order valence-electron chi connectivity index (χ0n) is 22.6. The number of anilines is 1. The van der Waals surface area contributed by atoms with E-state index in [1.165, 1.54) is 10.7 Å². The van der Waals surface area contributed by atoms with Crippen LogP contribution in [0.1, 0.15) is 31.0 Å². The largest absolute Gasteiger partial charge is 0.496 e. The van der Waals surface area contributed by atoms with Gasteiger partial charge in [0, 0.05) is 74.5 Å². The summed E-state index contributed by atoms with van der Waals surface area (Å²) in [6.07, 6.45) is 1.60. The molecule has 39 heavy (non-hydrogen) atoms. The van der Waals surface area contributed by atoms with Crippen molar-refractivity contribution in [3.05, 3.63) is 81.4 Å². The van der Waals surface area contributed by atoms with Crippen molar-refractivity contribution in [2.75, 3.05) is 38.2 Å². The summed E-state index contributed by atoms with van der Waals surface area (Å²) >= 11 is 6.10. The van der Waals surface area contributed by atoms with Gasteiger partial charge in [0.1, 0.15) is 17.2 Å². The summed E-state index contributed by atoms with van der Waals surface area (Å²) < 4.78 is 6.87. The number of carbonyl (C=O) groups excluding carboxylic acids is 1. The molecule has 1 unspecified atom stereocenters. The Labute approximate surface area is 233 Å². The number of pyridine rings is 1. The van der Waals surface area contributed by atoms with Crippen molar-refractivity contribution in [3.8, 4) is 5.75 Å². The minimum Gasteiger partial charge on any atom is -0.496 e. The smallest absolute Gasteiger partial charge is 0.266 e. The SMILES string of the molecule is COc1ccccc1C1(O)[C@H](C)CN(C(=O)[C@@H]2CN(c3ccc(=O)n(C)n3)C[C@H]2c2ccc(Cl)cn2)C[C@@H]1C. The second-order valence-corrected chi connectivity index (χ2v) is 11.2. The van der Waals surface area contributed by atoms with Crippen LogP contribution in [0.3, 0.4) is 0 Å². The number of hydrogen-bond donors (Lipinski definition) is 1. The lowest BCUT2D eigenvalue weighted by Crippen LogP contribution is -2.57. The predicted molar refractivity (Wildman–Crippen MR) is 149 cm³/mol. The van der Waals surface area contributed by atoms with Gasteiger partial charge in [-0.3, -0.25) is 14.6 Å². The van der Waals surface area contributed by atoms with E-state index in [0.717, 1.165) is 11.3 Å². The average Bonchev–Trinajstić information content (AvgIpc) is 3.38. The Balaban J connectivity index is 1.43. The summed E-state index contributed by atoms with van der Waals surface area (Å²) in [6, 6.07) is 14.4. The fourth-order valence-corrected chi connectivity index (χ4v) is 6.34. The van der Waals surface area contributed by atoms with E-state index < -0.39 is 5.60 Å². The van der Waals surface area contributed by atoms with Crippen LogP contribution >= 0.6 is 11.6 Å². The Bertz CT molecular complexity index is 1400. The topological polar surface area (TPSA) is 101 Å². The molecule has 1 aromatic carbocycles. The maximum atomic E-state index is 14.2. The lowest BCUT2D eigenvalue weighted by Gasteiger charge is -2.49. The van der Waals surface area contributed by atoms with Crippen LogP contribution in [-0.2, 0) is 17.4 Å². The molecule has 10 heteroatoms. The highest BCUT2D eigenvalue weighted by molar-refractivity contribution is 6.30. The highest BCUT2D eigenvalue weighted by atomic mass is 35.5. The number of methoxy groups -OCH3 is 1. The zero-order chi connectivity index (χ0) is 27.9. The number of aromatic nitrogens is 3. The standard InChI is InChI=1S/C29H34ClN5O4/c1-18-14-35(15-19(2)29(18,38)23-7-5-6-8-25(23)39-4)28(37)22-17-34(26-11-12-27(36)33(3)32-26)16-21(22)24-10-9-20(30)13-31-24/h5-13,18-19,21-22,38H,14-17H2,1-4H3/t18-,19+,21-,22-,29?/m1/s1. The monoisotopic (exact) mass is 551 g/mol. The van der Waals surface area contributed by atoms with E-state index >= 15 is 0 Å². The molecular weight excluding hydrogens is 518 g/mol. The molecule has 0 aliphatic carbocycles. The average molecular weight is 552 g/mol. The summed E-state index contributed by atoms with van der Waals surface area (Å²) in [5.74, 6) is 0.280. The summed E-state index contributed by atoms with van der Waals surface area (Å²) in [6.45, 7) is 5.75. The second-order valence-electron chi connectivity index (χ2n) is 10.7. The first-order valence-electron chi connectivity index (χ1n) is 13.2. The molecule has 0 bridgehead atoms. The van der Waals surface area contributed by atoms with Crippen LogP contribution in [0, 0.1) is 17.8 Å². The van der Waals surface area contributed by atoms with Crippen molar-refractivity contribution in [1.29, 1.82) is 0 Å². The van der Waals surface area contributed by atoms with Crippen molar-refractivity contribution >= 4 is 23.3 Å². The van der Waals surface area contributed by atoms with Crippen LogP contribution in [0.15, 0.2) is 59.5 Å². The van der Waals surface area contributed by atoms with Gasteiger partial charge >= 0.3 is 0 Å². The molecule has 2 aliphatic rings. The van der Waals surface area contributed by atoms with Gasteiger partial charge in [-0.05, 0) is 24.3 Å². The van der Waals surface area contributed by atoms with Crippen molar-refractivity contribution in [3.63, 3.8) is 0 Å². The van der Waals surface area contributed by atoms with Crippen LogP contribution in [0.4, 0.5) is 5.82 Å². The fraction of sp³-hybridized carbons (Fsp3) is 0.448. The van der Waals surface area contributed by atoms with E-state index in [1.807, 2.05) is 54.0 Å². The van der Waals surface area contributed by atoms with Gasteiger partial charge in [0.05, 0.1) is 18.1 Å². The Kier molecular flexibility index (Phi) is 7.39. The van der Waals surface area contributed by atoms with Gasteiger partial charge in [-0.25, -0.2) is 4.68 Å². The normalized spacial score (nSPS) is 27.0. The van der Waals surface area contributed by atoms with Gasteiger partial charge < -0.3 is 19.6 Å². The third-order valence-corrected chi connectivity index (χ3v) is 8.60. The second kappa shape index (κ2) is 10.6. The number of nitrogens with zero attached hydrogens (tertiary/aromatic N) is 5. The molecule has 2 fully saturated rings. The summed E-state index contributed by atoms with van der Waals surface area (Å²) in [5, 5.41) is 16.9. The summed E-state index contributed by atoms with van der Waals surface area (Å²) in [7, 11) is 3.22. The molecule has 1 N–H and O–H groups in total. The Morgan fingerprint density at radius 1 is 1.05 bits per heavy atom. The molecule has 3 aromatic rings. The molecule has 4 heterocycles. The first kappa shape index (κ1) is 27.1. The Morgan fingerprint density at radius 3 is 2.41 bits per heavy atom. The number of aliphatic hydroxyl groups is 1. The van der Waals surface area contributed by atoms with Gasteiger partial charge in [-0.1, -0.05) is 43.6 Å². The fourth-order valence-electron chi connectivity index (χ4n) is 6.23. The van der Waals surface area contributed by atoms with Gasteiger partial charge in [0.25, 0.3) is 5.56 Å². The van der Waals surface area contributed by atoms with Gasteiger partial charge in [0.15, 0.2) is 0 Å². The van der Waals surface area contributed by atoms with Crippen LogP contribution in [-0.4, -0.2) is 64.0 Å². The lowest BCUT2D eigenvalue weighted by atomic mass is 9.70.